The molecule has 0 saturated carbocycles. The molecule has 2 rings (SSSR count). The van der Waals surface area contributed by atoms with Crippen molar-refractivity contribution in [1.82, 2.24) is 0 Å². The lowest BCUT2D eigenvalue weighted by Gasteiger charge is -2.24. The lowest BCUT2D eigenvalue weighted by atomic mass is 10.3. The molecule has 2 aromatic rings. The van der Waals surface area contributed by atoms with Crippen LogP contribution in [0.4, 0.5) is 11.4 Å². The van der Waals surface area contributed by atoms with Crippen LogP contribution in [0.2, 0.25) is 10.0 Å². The fourth-order valence-electron chi connectivity index (χ4n) is 2.01. The molecule has 0 saturated heterocycles. The summed E-state index contributed by atoms with van der Waals surface area (Å²) in [6.45, 7) is 3.46. The van der Waals surface area contributed by atoms with Crippen LogP contribution in [0.1, 0.15) is 0 Å². The van der Waals surface area contributed by atoms with Crippen LogP contribution in [-0.4, -0.2) is 19.9 Å². The highest BCUT2D eigenvalue weighted by Crippen LogP contribution is 2.35. The van der Waals surface area contributed by atoms with Crippen molar-refractivity contribution in [1.29, 1.82) is 0 Å². The van der Waals surface area contributed by atoms with Crippen LogP contribution in [0, 0.1) is 10.1 Å². The van der Waals surface area contributed by atoms with E-state index in [9.17, 15) is 18.5 Å². The van der Waals surface area contributed by atoms with Gasteiger partial charge in [0.25, 0.3) is 15.7 Å². The Labute approximate surface area is 149 Å². The highest BCUT2D eigenvalue weighted by molar-refractivity contribution is 7.92. The van der Waals surface area contributed by atoms with Crippen LogP contribution >= 0.6 is 23.2 Å². The number of non-ortho nitro benzene ring substituents is 1. The highest BCUT2D eigenvalue weighted by Gasteiger charge is 2.27. The maximum Gasteiger partial charge on any atom is 0.270 e. The monoisotopic (exact) mass is 386 g/mol. The van der Waals surface area contributed by atoms with Gasteiger partial charge in [0, 0.05) is 12.1 Å². The first-order chi connectivity index (χ1) is 11.3. The largest absolute Gasteiger partial charge is 0.270 e. The highest BCUT2D eigenvalue weighted by atomic mass is 35.5. The molecule has 0 aliphatic rings. The predicted octanol–water partition coefficient (Wildman–Crippen LogP) is 4.28. The van der Waals surface area contributed by atoms with E-state index < -0.39 is 14.9 Å². The average Bonchev–Trinajstić information content (AvgIpc) is 2.55. The molecule has 24 heavy (non-hydrogen) atoms. The van der Waals surface area contributed by atoms with Crippen LogP contribution in [0.5, 0.6) is 0 Å². The summed E-state index contributed by atoms with van der Waals surface area (Å²) in [5.74, 6) is 0. The second-order valence-electron chi connectivity index (χ2n) is 4.65. The molecular formula is C15H12Cl2N2O4S. The van der Waals surface area contributed by atoms with Gasteiger partial charge in [-0.05, 0) is 18.2 Å². The number of nitrogens with zero attached hydrogens (tertiary/aromatic N) is 2. The summed E-state index contributed by atoms with van der Waals surface area (Å²) in [6, 6.07) is 9.36. The Kier molecular flexibility index (Phi) is 5.48. The van der Waals surface area contributed by atoms with Crippen molar-refractivity contribution in [3.8, 4) is 0 Å². The Hall–Kier alpha value is -2.09. The minimum absolute atomic E-state index is 0.0648. The van der Waals surface area contributed by atoms with E-state index in [0.717, 1.165) is 10.4 Å². The van der Waals surface area contributed by atoms with Gasteiger partial charge in [-0.2, -0.15) is 0 Å². The van der Waals surface area contributed by atoms with Crippen molar-refractivity contribution in [3.63, 3.8) is 0 Å². The molecule has 126 valence electrons. The second-order valence-corrected chi connectivity index (χ2v) is 7.30. The normalized spacial score (nSPS) is 11.1. The maximum absolute atomic E-state index is 12.9. The quantitative estimate of drug-likeness (QED) is 0.421. The van der Waals surface area contributed by atoms with Crippen molar-refractivity contribution >= 4 is 44.6 Å². The lowest BCUT2D eigenvalue weighted by molar-refractivity contribution is -0.385. The molecule has 0 aromatic heterocycles. The van der Waals surface area contributed by atoms with Crippen molar-refractivity contribution < 1.29 is 13.3 Å². The molecule has 0 aliphatic heterocycles. The number of hydrogen-bond donors (Lipinski definition) is 0. The summed E-state index contributed by atoms with van der Waals surface area (Å²) in [6.07, 6.45) is 1.38. The standard InChI is InChI=1S/C15H12Cl2N2O4S/c1-2-9-18(14-8-4-7-13(16)15(14)17)24(22,23)12-6-3-5-11(10-12)19(20)21/h2-8,10H,1,9H2. The molecule has 6 nitrogen and oxygen atoms in total. The molecule has 0 radical (unpaired) electrons. The van der Waals surface area contributed by atoms with E-state index >= 15 is 0 Å². The molecule has 0 fully saturated rings. The Bertz CT molecular complexity index is 900. The van der Waals surface area contributed by atoms with Gasteiger partial charge in [-0.25, -0.2) is 8.42 Å². The van der Waals surface area contributed by atoms with Gasteiger partial charge in [0.05, 0.1) is 32.1 Å². The number of benzene rings is 2. The molecule has 0 amide bonds. The van der Waals surface area contributed by atoms with Crippen molar-refractivity contribution in [2.24, 2.45) is 0 Å². The van der Waals surface area contributed by atoms with E-state index in [0.29, 0.717) is 0 Å². The fraction of sp³-hybridized carbons (Fsp3) is 0.0667. The number of hydrogen-bond acceptors (Lipinski definition) is 4. The third-order valence-corrected chi connectivity index (χ3v) is 5.70. The molecule has 0 N–H and O–H groups in total. The van der Waals surface area contributed by atoms with Crippen LogP contribution in [-0.2, 0) is 10.0 Å². The van der Waals surface area contributed by atoms with E-state index in [1.807, 2.05) is 0 Å². The van der Waals surface area contributed by atoms with Crippen LogP contribution in [0.25, 0.3) is 0 Å². The fourth-order valence-corrected chi connectivity index (χ4v) is 3.95. The molecule has 0 heterocycles. The number of nitro groups is 1. The number of rotatable bonds is 6. The summed E-state index contributed by atoms with van der Waals surface area (Å²) in [4.78, 5) is 10.00. The zero-order chi connectivity index (χ0) is 17.9. The van der Waals surface area contributed by atoms with Gasteiger partial charge in [0.15, 0.2) is 0 Å². The van der Waals surface area contributed by atoms with Crippen LogP contribution in [0.3, 0.4) is 0 Å². The second kappa shape index (κ2) is 7.21. The SMILES string of the molecule is C=CCN(c1cccc(Cl)c1Cl)S(=O)(=O)c1cccc([N+](=O)[O-])c1. The molecule has 0 bridgehead atoms. The van der Waals surface area contributed by atoms with Gasteiger partial charge >= 0.3 is 0 Å². The number of sulfonamides is 1. The zero-order valence-electron chi connectivity index (χ0n) is 12.2. The Morgan fingerprint density at radius 1 is 1.21 bits per heavy atom. The molecule has 9 heteroatoms. The summed E-state index contributed by atoms with van der Waals surface area (Å²) in [7, 11) is -4.10. The lowest BCUT2D eigenvalue weighted by Crippen LogP contribution is -2.31. The Morgan fingerprint density at radius 2 is 1.88 bits per heavy atom. The maximum atomic E-state index is 12.9. The predicted molar refractivity (Wildman–Crippen MR) is 94.3 cm³/mol. The summed E-state index contributed by atoms with van der Waals surface area (Å²) in [5, 5.41) is 11.1. The first-order valence-electron chi connectivity index (χ1n) is 6.61. The van der Waals surface area contributed by atoms with E-state index in [4.69, 9.17) is 23.2 Å². The van der Waals surface area contributed by atoms with Gasteiger partial charge in [-0.3, -0.25) is 14.4 Å². The van der Waals surface area contributed by atoms with E-state index in [1.165, 1.54) is 36.4 Å². The van der Waals surface area contributed by atoms with Crippen molar-refractivity contribution in [3.05, 3.63) is 75.3 Å². The molecule has 0 atom stereocenters. The first-order valence-corrected chi connectivity index (χ1v) is 8.80. The third-order valence-electron chi connectivity index (χ3n) is 3.11. The topological polar surface area (TPSA) is 80.5 Å². The number of anilines is 1. The molecule has 2 aromatic carbocycles. The smallest absolute Gasteiger partial charge is 0.261 e. The molecule has 0 spiro atoms. The third kappa shape index (κ3) is 3.53. The van der Waals surface area contributed by atoms with E-state index in [1.54, 1.807) is 6.07 Å². The summed E-state index contributed by atoms with van der Waals surface area (Å²) < 4.78 is 26.8. The van der Waals surface area contributed by atoms with Gasteiger partial charge in [-0.15, -0.1) is 6.58 Å². The molecule has 0 unspecified atom stereocenters. The molecule has 0 aliphatic carbocycles. The average molecular weight is 387 g/mol. The summed E-state index contributed by atoms with van der Waals surface area (Å²) in [5.41, 5.74) is -0.164. The van der Waals surface area contributed by atoms with Crippen molar-refractivity contribution in [2.75, 3.05) is 10.8 Å². The van der Waals surface area contributed by atoms with Crippen LogP contribution < -0.4 is 4.31 Å². The minimum atomic E-state index is -4.10. The van der Waals surface area contributed by atoms with Gasteiger partial charge in [-0.1, -0.05) is 41.4 Å². The van der Waals surface area contributed by atoms with Gasteiger partial charge in [0.1, 0.15) is 0 Å². The van der Waals surface area contributed by atoms with Crippen molar-refractivity contribution in [2.45, 2.75) is 4.90 Å². The Morgan fingerprint density at radius 3 is 2.50 bits per heavy atom. The van der Waals surface area contributed by atoms with Gasteiger partial charge in [0.2, 0.25) is 0 Å². The van der Waals surface area contributed by atoms with Gasteiger partial charge < -0.3 is 0 Å². The van der Waals surface area contributed by atoms with Crippen LogP contribution in [0.15, 0.2) is 60.0 Å². The zero-order valence-corrected chi connectivity index (χ0v) is 14.6. The minimum Gasteiger partial charge on any atom is -0.261 e. The number of nitro benzene ring substituents is 1. The van der Waals surface area contributed by atoms with E-state index in [-0.39, 0.29) is 32.9 Å². The van der Waals surface area contributed by atoms with E-state index in [2.05, 4.69) is 6.58 Å². The number of halogens is 2. The first kappa shape index (κ1) is 18.3. The Balaban J connectivity index is 2.62. The molecular weight excluding hydrogens is 375 g/mol. The summed E-state index contributed by atoms with van der Waals surface area (Å²) >= 11 is 12.1.